The lowest BCUT2D eigenvalue weighted by Gasteiger charge is -2.11. The van der Waals surface area contributed by atoms with Crippen molar-refractivity contribution in [3.8, 4) is 23.0 Å². The molecule has 1 heterocycles. The predicted octanol–water partition coefficient (Wildman–Crippen LogP) is 2.97. The molecule has 3 rings (SSSR count). The second-order valence-corrected chi connectivity index (χ2v) is 8.33. The van der Waals surface area contributed by atoms with Crippen LogP contribution in [0.1, 0.15) is 37.1 Å². The molecule has 0 spiro atoms. The Bertz CT molecular complexity index is 858. The first-order chi connectivity index (χ1) is 13.5. The average molecular weight is 407 g/mol. The molecule has 152 valence electrons. The number of hydrogen-bond acceptors (Lipinski definition) is 6. The van der Waals surface area contributed by atoms with Crippen LogP contribution in [0.15, 0.2) is 22.6 Å². The summed E-state index contributed by atoms with van der Waals surface area (Å²) >= 11 is 0. The Balaban J connectivity index is 1.65. The minimum atomic E-state index is -1.34. The average Bonchev–Trinajstić information content (AvgIpc) is 3.31. The number of nitrogens with one attached hydrogen (secondary N) is 1. The van der Waals surface area contributed by atoms with E-state index in [2.05, 4.69) is 10.3 Å². The van der Waals surface area contributed by atoms with Crippen LogP contribution < -0.4 is 14.8 Å². The lowest BCUT2D eigenvalue weighted by atomic mass is 10.2. The van der Waals surface area contributed by atoms with Crippen LogP contribution in [0.4, 0.5) is 0 Å². The number of ether oxygens (including phenoxy) is 2. The van der Waals surface area contributed by atoms with E-state index < -0.39 is 10.8 Å². The summed E-state index contributed by atoms with van der Waals surface area (Å²) in [6.07, 6.45) is 4.31. The number of amides is 1. The van der Waals surface area contributed by atoms with Crippen molar-refractivity contribution in [3.05, 3.63) is 29.7 Å². The first-order valence-corrected chi connectivity index (χ1v) is 10.8. The maximum absolute atomic E-state index is 12.4. The maximum Gasteiger partial charge on any atom is 0.232 e. The molecule has 1 aliphatic carbocycles. The van der Waals surface area contributed by atoms with Gasteiger partial charge in [0, 0.05) is 22.4 Å². The summed E-state index contributed by atoms with van der Waals surface area (Å²) in [5.41, 5.74) is 1.33. The number of oxazole rings is 1. The van der Waals surface area contributed by atoms with Gasteiger partial charge in [0.2, 0.25) is 11.8 Å². The fourth-order valence-electron chi connectivity index (χ4n) is 3.34. The summed E-state index contributed by atoms with van der Waals surface area (Å²) < 4.78 is 28.7. The summed E-state index contributed by atoms with van der Waals surface area (Å²) in [7, 11) is 1.79. The van der Waals surface area contributed by atoms with Gasteiger partial charge in [-0.05, 0) is 38.0 Å². The zero-order chi connectivity index (χ0) is 20.1. The van der Waals surface area contributed by atoms with Crippen LogP contribution in [0, 0.1) is 6.92 Å². The molecule has 1 fully saturated rings. The van der Waals surface area contributed by atoms with E-state index in [-0.39, 0.29) is 23.5 Å². The Hall–Kier alpha value is -2.35. The Morgan fingerprint density at radius 2 is 1.96 bits per heavy atom. The van der Waals surface area contributed by atoms with Crippen molar-refractivity contribution in [1.82, 2.24) is 10.3 Å². The fourth-order valence-corrected chi connectivity index (χ4v) is 4.39. The van der Waals surface area contributed by atoms with Crippen LogP contribution in [0.25, 0.3) is 11.5 Å². The molecule has 7 nitrogen and oxygen atoms in total. The number of carbonyl (C=O) groups excluding carboxylic acids is 1. The lowest BCUT2D eigenvalue weighted by molar-refractivity contribution is -0.119. The van der Waals surface area contributed by atoms with Gasteiger partial charge in [-0.2, -0.15) is 0 Å². The van der Waals surface area contributed by atoms with Crippen molar-refractivity contribution in [2.45, 2.75) is 44.4 Å². The van der Waals surface area contributed by atoms with Crippen LogP contribution in [-0.2, 0) is 21.3 Å². The van der Waals surface area contributed by atoms with Gasteiger partial charge in [-0.25, -0.2) is 4.98 Å². The molecule has 1 N–H and O–H groups in total. The van der Waals surface area contributed by atoms with Crippen LogP contribution in [0.2, 0.25) is 0 Å². The molecule has 1 atom stereocenters. The van der Waals surface area contributed by atoms with Gasteiger partial charge in [0.1, 0.15) is 11.5 Å². The molecule has 1 aromatic heterocycles. The molecule has 8 heteroatoms. The number of carbonyl (C=O) groups is 1. The van der Waals surface area contributed by atoms with E-state index in [1.54, 1.807) is 33.3 Å². The van der Waals surface area contributed by atoms with Gasteiger partial charge >= 0.3 is 0 Å². The Morgan fingerprint density at radius 3 is 2.64 bits per heavy atom. The van der Waals surface area contributed by atoms with Gasteiger partial charge in [-0.15, -0.1) is 0 Å². The van der Waals surface area contributed by atoms with E-state index in [1.165, 1.54) is 0 Å². The first kappa shape index (κ1) is 20.4. The predicted molar refractivity (Wildman–Crippen MR) is 107 cm³/mol. The number of benzene rings is 1. The van der Waals surface area contributed by atoms with Gasteiger partial charge < -0.3 is 19.2 Å². The third kappa shape index (κ3) is 4.92. The highest BCUT2D eigenvalue weighted by atomic mass is 32.2. The van der Waals surface area contributed by atoms with Gasteiger partial charge in [0.25, 0.3) is 0 Å². The van der Waals surface area contributed by atoms with Gasteiger partial charge in [0.05, 0.1) is 25.7 Å². The highest BCUT2D eigenvalue weighted by Crippen LogP contribution is 2.32. The van der Waals surface area contributed by atoms with Crippen molar-refractivity contribution in [1.29, 1.82) is 0 Å². The maximum atomic E-state index is 12.4. The monoisotopic (exact) mass is 406 g/mol. The van der Waals surface area contributed by atoms with E-state index in [4.69, 9.17) is 13.9 Å². The molecule has 28 heavy (non-hydrogen) atoms. The largest absolute Gasteiger partial charge is 0.493 e. The SMILES string of the molecule is COc1ccc(-c2nc(C[S@@](=O)CC(=O)NC3CCCC3)c(C)o2)cc1OC. The second kappa shape index (κ2) is 9.23. The number of aryl methyl sites for hydroxylation is 1. The topological polar surface area (TPSA) is 90.7 Å². The van der Waals surface area contributed by atoms with Crippen molar-refractivity contribution < 1.29 is 22.9 Å². The molecule has 0 saturated heterocycles. The van der Waals surface area contributed by atoms with Gasteiger partial charge in [-0.1, -0.05) is 12.8 Å². The van der Waals surface area contributed by atoms with Gasteiger partial charge in [-0.3, -0.25) is 9.00 Å². The zero-order valence-electron chi connectivity index (χ0n) is 16.4. The molecule has 1 saturated carbocycles. The summed E-state index contributed by atoms with van der Waals surface area (Å²) in [6, 6.07) is 5.61. The lowest BCUT2D eigenvalue weighted by Crippen LogP contribution is -2.35. The van der Waals surface area contributed by atoms with E-state index in [9.17, 15) is 9.00 Å². The molecular formula is C20H26N2O5S. The van der Waals surface area contributed by atoms with Crippen LogP contribution in [-0.4, -0.2) is 41.1 Å². The van der Waals surface area contributed by atoms with Crippen LogP contribution >= 0.6 is 0 Å². The molecule has 0 unspecified atom stereocenters. The summed E-state index contributed by atoms with van der Waals surface area (Å²) in [6.45, 7) is 1.78. The Labute approximate surface area is 167 Å². The summed E-state index contributed by atoms with van der Waals surface area (Å²) in [5, 5.41) is 2.96. The normalized spacial score (nSPS) is 15.4. The molecule has 1 amide bonds. The molecule has 0 radical (unpaired) electrons. The molecule has 2 aromatic rings. The van der Waals surface area contributed by atoms with E-state index in [0.29, 0.717) is 28.8 Å². The summed E-state index contributed by atoms with van der Waals surface area (Å²) in [5.74, 6) is 2.20. The standard InChI is InChI=1S/C20H26N2O5S/c1-13-16(11-28(24)12-19(23)21-15-6-4-5-7-15)22-20(27-13)14-8-9-17(25-2)18(10-14)26-3/h8-10,15H,4-7,11-12H2,1-3H3,(H,21,23)/t28-/m1/s1. The van der Waals surface area contributed by atoms with E-state index >= 15 is 0 Å². The number of nitrogens with zero attached hydrogens (tertiary/aromatic N) is 1. The van der Waals surface area contributed by atoms with E-state index in [0.717, 1.165) is 31.2 Å². The second-order valence-electron chi connectivity index (χ2n) is 6.87. The smallest absolute Gasteiger partial charge is 0.232 e. The Kier molecular flexibility index (Phi) is 6.72. The minimum absolute atomic E-state index is 0.0194. The van der Waals surface area contributed by atoms with Crippen LogP contribution in [0.3, 0.4) is 0 Å². The molecule has 1 aromatic carbocycles. The molecule has 1 aliphatic rings. The molecule has 0 bridgehead atoms. The number of rotatable bonds is 8. The zero-order valence-corrected chi connectivity index (χ0v) is 17.3. The van der Waals surface area contributed by atoms with Crippen LogP contribution in [0.5, 0.6) is 11.5 Å². The number of aromatic nitrogens is 1. The summed E-state index contributed by atoms with van der Waals surface area (Å²) in [4.78, 5) is 16.5. The quantitative estimate of drug-likeness (QED) is 0.725. The number of methoxy groups -OCH3 is 2. The minimum Gasteiger partial charge on any atom is -0.493 e. The first-order valence-electron chi connectivity index (χ1n) is 9.33. The molecule has 0 aliphatic heterocycles. The van der Waals surface area contributed by atoms with Gasteiger partial charge in [0.15, 0.2) is 11.5 Å². The van der Waals surface area contributed by atoms with Crippen molar-refractivity contribution in [2.75, 3.05) is 20.0 Å². The molecular weight excluding hydrogens is 380 g/mol. The third-order valence-corrected chi connectivity index (χ3v) is 6.01. The van der Waals surface area contributed by atoms with Crippen molar-refractivity contribution >= 4 is 16.7 Å². The highest BCUT2D eigenvalue weighted by Gasteiger charge is 2.20. The Morgan fingerprint density at radius 1 is 1.25 bits per heavy atom. The van der Waals surface area contributed by atoms with Crippen molar-refractivity contribution in [3.63, 3.8) is 0 Å². The van der Waals surface area contributed by atoms with E-state index in [1.807, 2.05) is 6.07 Å². The third-order valence-electron chi connectivity index (χ3n) is 4.83. The highest BCUT2D eigenvalue weighted by molar-refractivity contribution is 7.84. The number of hydrogen-bond donors (Lipinski definition) is 1. The van der Waals surface area contributed by atoms with Crippen molar-refractivity contribution in [2.24, 2.45) is 0 Å². The fraction of sp³-hybridized carbons (Fsp3) is 0.500.